The molecule has 0 radical (unpaired) electrons. The molecule has 1 aliphatic rings. The van der Waals surface area contributed by atoms with E-state index in [1.165, 1.54) is 0 Å². The molecule has 1 N–H and O–H groups in total. The fourth-order valence-corrected chi connectivity index (χ4v) is 3.06. The van der Waals surface area contributed by atoms with Gasteiger partial charge in [-0.2, -0.15) is 0 Å². The van der Waals surface area contributed by atoms with Crippen LogP contribution in [0.3, 0.4) is 0 Å². The summed E-state index contributed by atoms with van der Waals surface area (Å²) in [7, 11) is 0. The number of aliphatic hydroxyl groups is 1. The molecule has 21 heavy (non-hydrogen) atoms. The van der Waals surface area contributed by atoms with Gasteiger partial charge >= 0.3 is 0 Å². The minimum absolute atomic E-state index is 0.125. The topological polar surface area (TPSA) is 71.6 Å². The van der Waals surface area contributed by atoms with Crippen molar-refractivity contribution in [1.82, 2.24) is 15.2 Å². The first kappa shape index (κ1) is 14.3. The van der Waals surface area contributed by atoms with Crippen LogP contribution in [0.5, 0.6) is 5.75 Å². The normalized spacial score (nSPS) is 24.1. The second-order valence-electron chi connectivity index (χ2n) is 5.96. The van der Waals surface area contributed by atoms with Crippen LogP contribution in [0.15, 0.2) is 16.8 Å². The third-order valence-corrected chi connectivity index (χ3v) is 4.29. The smallest absolute Gasteiger partial charge is 0.138 e. The maximum absolute atomic E-state index is 10.8. The van der Waals surface area contributed by atoms with E-state index in [0.717, 1.165) is 24.4 Å². The van der Waals surface area contributed by atoms with Crippen LogP contribution in [0, 0.1) is 0 Å². The zero-order valence-corrected chi connectivity index (χ0v) is 12.8. The Morgan fingerprint density at radius 3 is 2.43 bits per heavy atom. The van der Waals surface area contributed by atoms with Gasteiger partial charge in [0, 0.05) is 11.6 Å². The molecule has 2 heterocycles. The molecule has 3 rings (SSSR count). The summed E-state index contributed by atoms with van der Waals surface area (Å²) in [5.41, 5.74) is 1.62. The molecule has 1 aromatic heterocycles. The molecule has 2 atom stereocenters. The number of hydrogen-bond donors (Lipinski definition) is 1. The van der Waals surface area contributed by atoms with Crippen molar-refractivity contribution in [2.75, 3.05) is 13.1 Å². The number of aromatic nitrogens is 2. The summed E-state index contributed by atoms with van der Waals surface area (Å²) in [6.45, 7) is 9.69. The lowest BCUT2D eigenvalue weighted by Crippen LogP contribution is -2.53. The van der Waals surface area contributed by atoms with Crippen LogP contribution in [0.2, 0.25) is 0 Å². The average Bonchev–Trinajstić information content (AvgIpc) is 2.89. The largest absolute Gasteiger partial charge is 0.485 e. The molecule has 0 aliphatic carbocycles. The number of ether oxygens (including phenoxy) is 1. The Morgan fingerprint density at radius 1 is 1.19 bits per heavy atom. The van der Waals surface area contributed by atoms with E-state index in [1.807, 2.05) is 26.0 Å². The number of fused-ring (bicyclic) bond motifs is 2. The average molecular weight is 291 g/mol. The summed E-state index contributed by atoms with van der Waals surface area (Å²) in [4.78, 5) is 2.23. The van der Waals surface area contributed by atoms with Crippen LogP contribution in [-0.2, 0) is 0 Å². The first-order chi connectivity index (χ1) is 9.97. The van der Waals surface area contributed by atoms with E-state index in [0.29, 0.717) is 11.0 Å². The van der Waals surface area contributed by atoms with Gasteiger partial charge in [0.1, 0.15) is 28.5 Å². The van der Waals surface area contributed by atoms with E-state index in [-0.39, 0.29) is 6.04 Å². The predicted octanol–water partition coefficient (Wildman–Crippen LogP) is 2.14. The third-order valence-electron chi connectivity index (χ3n) is 4.29. The Balaban J connectivity index is 2.18. The van der Waals surface area contributed by atoms with Gasteiger partial charge in [-0.1, -0.05) is 13.8 Å². The summed E-state index contributed by atoms with van der Waals surface area (Å²) >= 11 is 0. The Morgan fingerprint density at radius 2 is 1.81 bits per heavy atom. The highest BCUT2D eigenvalue weighted by atomic mass is 16.6. The van der Waals surface area contributed by atoms with Crippen molar-refractivity contribution in [2.24, 2.45) is 0 Å². The van der Waals surface area contributed by atoms with Crippen LogP contribution >= 0.6 is 0 Å². The first-order valence-electron chi connectivity index (χ1n) is 7.35. The third kappa shape index (κ3) is 2.18. The van der Waals surface area contributed by atoms with Gasteiger partial charge in [0.05, 0.1) is 6.04 Å². The minimum atomic E-state index is -0.662. The molecule has 0 fully saturated rings. The van der Waals surface area contributed by atoms with Crippen molar-refractivity contribution >= 4 is 11.0 Å². The number of nitrogens with zero attached hydrogens (tertiary/aromatic N) is 3. The SMILES string of the molecule is CCN(CC)C1c2cc3nonc3cc2OC(C)(C)C1O. The Bertz CT molecular complexity index is 649. The van der Waals surface area contributed by atoms with Gasteiger partial charge in [-0.15, -0.1) is 0 Å². The lowest BCUT2D eigenvalue weighted by molar-refractivity contribution is -0.0917. The van der Waals surface area contributed by atoms with Gasteiger partial charge in [-0.3, -0.25) is 4.90 Å². The molecule has 1 aromatic carbocycles. The maximum Gasteiger partial charge on any atom is 0.138 e. The lowest BCUT2D eigenvalue weighted by atomic mass is 9.85. The molecule has 2 aromatic rings. The molecule has 1 aliphatic heterocycles. The summed E-state index contributed by atoms with van der Waals surface area (Å²) in [6, 6.07) is 3.62. The van der Waals surface area contributed by atoms with Crippen molar-refractivity contribution in [3.63, 3.8) is 0 Å². The standard InChI is InChI=1S/C15H21N3O3/c1-5-18(6-2)13-9-7-10-11(17-21-16-10)8-12(9)20-15(3,4)14(13)19/h7-8,13-14,19H,5-6H2,1-4H3. The second-order valence-corrected chi connectivity index (χ2v) is 5.96. The van der Waals surface area contributed by atoms with Crippen molar-refractivity contribution in [3.05, 3.63) is 17.7 Å². The molecule has 114 valence electrons. The second kappa shape index (κ2) is 4.96. The maximum atomic E-state index is 10.8. The zero-order chi connectivity index (χ0) is 15.2. The van der Waals surface area contributed by atoms with Gasteiger partial charge in [0.15, 0.2) is 0 Å². The van der Waals surface area contributed by atoms with Crippen molar-refractivity contribution in [1.29, 1.82) is 0 Å². The van der Waals surface area contributed by atoms with E-state index in [1.54, 1.807) is 0 Å². The monoisotopic (exact) mass is 291 g/mol. The van der Waals surface area contributed by atoms with E-state index < -0.39 is 11.7 Å². The molecular formula is C15H21N3O3. The molecule has 6 nitrogen and oxygen atoms in total. The van der Waals surface area contributed by atoms with Crippen LogP contribution in [0.25, 0.3) is 11.0 Å². The number of likely N-dealkylation sites (N-methyl/N-ethyl adjacent to an activating group) is 1. The number of hydrogen-bond acceptors (Lipinski definition) is 6. The predicted molar refractivity (Wildman–Crippen MR) is 78.2 cm³/mol. The Hall–Kier alpha value is -1.66. The molecule has 0 bridgehead atoms. The van der Waals surface area contributed by atoms with E-state index in [2.05, 4.69) is 29.1 Å². The molecule has 0 spiro atoms. The van der Waals surface area contributed by atoms with Gasteiger partial charge < -0.3 is 9.84 Å². The number of benzene rings is 1. The Labute approximate surface area is 123 Å². The van der Waals surface area contributed by atoms with Crippen LogP contribution in [0.4, 0.5) is 0 Å². The van der Waals surface area contributed by atoms with Gasteiger partial charge in [0.2, 0.25) is 0 Å². The summed E-state index contributed by atoms with van der Waals surface area (Å²) < 4.78 is 10.8. The Kier molecular flexibility index (Phi) is 3.37. The highest BCUT2D eigenvalue weighted by Crippen LogP contribution is 2.43. The lowest BCUT2D eigenvalue weighted by Gasteiger charge is -2.45. The summed E-state index contributed by atoms with van der Waals surface area (Å²) in [5, 5.41) is 18.5. The zero-order valence-electron chi connectivity index (χ0n) is 12.8. The highest BCUT2D eigenvalue weighted by molar-refractivity contribution is 5.77. The van der Waals surface area contributed by atoms with Crippen LogP contribution in [0.1, 0.15) is 39.3 Å². The van der Waals surface area contributed by atoms with Crippen LogP contribution < -0.4 is 4.74 Å². The molecule has 2 unspecified atom stereocenters. The summed E-state index contributed by atoms with van der Waals surface area (Å²) in [6.07, 6.45) is -0.623. The fraction of sp³-hybridized carbons (Fsp3) is 0.600. The quantitative estimate of drug-likeness (QED) is 0.934. The molecule has 6 heteroatoms. The van der Waals surface area contributed by atoms with E-state index in [4.69, 9.17) is 9.37 Å². The van der Waals surface area contributed by atoms with Gasteiger partial charge in [0.25, 0.3) is 0 Å². The number of rotatable bonds is 3. The van der Waals surface area contributed by atoms with Crippen molar-refractivity contribution < 1.29 is 14.5 Å². The molecule has 0 amide bonds. The highest BCUT2D eigenvalue weighted by Gasteiger charge is 2.45. The van der Waals surface area contributed by atoms with Crippen LogP contribution in [-0.4, -0.2) is 45.1 Å². The molecule has 0 saturated heterocycles. The first-order valence-corrected chi connectivity index (χ1v) is 7.35. The van der Waals surface area contributed by atoms with Gasteiger partial charge in [-0.25, -0.2) is 4.63 Å². The minimum Gasteiger partial charge on any atom is -0.485 e. The summed E-state index contributed by atoms with van der Waals surface area (Å²) in [5.74, 6) is 0.741. The van der Waals surface area contributed by atoms with E-state index in [9.17, 15) is 5.11 Å². The van der Waals surface area contributed by atoms with Crippen molar-refractivity contribution in [2.45, 2.75) is 45.4 Å². The molecular weight excluding hydrogens is 270 g/mol. The van der Waals surface area contributed by atoms with Crippen molar-refractivity contribution in [3.8, 4) is 5.75 Å². The van der Waals surface area contributed by atoms with Gasteiger partial charge in [-0.05, 0) is 43.3 Å². The number of aliphatic hydroxyl groups excluding tert-OH is 1. The fourth-order valence-electron chi connectivity index (χ4n) is 3.06. The molecule has 0 saturated carbocycles. The van der Waals surface area contributed by atoms with E-state index >= 15 is 0 Å².